The molecule has 1 aliphatic carbocycles. The summed E-state index contributed by atoms with van der Waals surface area (Å²) < 4.78 is 20.3. The molecule has 21 heavy (non-hydrogen) atoms. The smallest absolute Gasteiger partial charge is 0.128 e. The Kier molecular flexibility index (Phi) is 4.32. The van der Waals surface area contributed by atoms with E-state index in [1.54, 1.807) is 6.07 Å². The maximum absolute atomic E-state index is 14.3. The lowest BCUT2D eigenvalue weighted by molar-refractivity contribution is -0.147. The van der Waals surface area contributed by atoms with E-state index in [2.05, 4.69) is 12.2 Å². The Bertz CT molecular complexity index is 498. The number of aryl methyl sites for hydroxylation is 1. The van der Waals surface area contributed by atoms with E-state index in [0.717, 1.165) is 37.1 Å². The van der Waals surface area contributed by atoms with E-state index in [-0.39, 0.29) is 17.5 Å². The SMILES string of the molecule is CCNC(c1cc(C)ccc1F)C1CCOC2(CCC2)C1. The molecule has 3 heteroatoms. The summed E-state index contributed by atoms with van der Waals surface area (Å²) in [4.78, 5) is 0. The summed E-state index contributed by atoms with van der Waals surface area (Å²) in [5.41, 5.74) is 2.06. The standard InChI is InChI=1S/C18H26FNO/c1-3-20-17(15-11-13(2)5-6-16(15)19)14-7-10-21-18(12-14)8-4-9-18/h5-6,11,14,17,20H,3-4,7-10,12H2,1-2H3. The van der Waals surface area contributed by atoms with Crippen molar-refractivity contribution in [1.82, 2.24) is 5.32 Å². The van der Waals surface area contributed by atoms with Gasteiger partial charge in [-0.1, -0.05) is 24.6 Å². The van der Waals surface area contributed by atoms with Gasteiger partial charge in [0.25, 0.3) is 0 Å². The van der Waals surface area contributed by atoms with Crippen LogP contribution in [0.5, 0.6) is 0 Å². The largest absolute Gasteiger partial charge is 0.375 e. The Balaban J connectivity index is 1.84. The Labute approximate surface area is 127 Å². The molecule has 1 heterocycles. The lowest BCUT2D eigenvalue weighted by Crippen LogP contribution is -2.48. The highest BCUT2D eigenvalue weighted by atomic mass is 19.1. The third kappa shape index (κ3) is 3.00. The van der Waals surface area contributed by atoms with Gasteiger partial charge in [-0.25, -0.2) is 4.39 Å². The number of ether oxygens (including phenoxy) is 1. The van der Waals surface area contributed by atoms with Crippen molar-refractivity contribution in [3.05, 3.63) is 35.1 Å². The van der Waals surface area contributed by atoms with Gasteiger partial charge in [-0.3, -0.25) is 0 Å². The highest BCUT2D eigenvalue weighted by Gasteiger charge is 2.44. The Morgan fingerprint density at radius 2 is 2.24 bits per heavy atom. The molecule has 1 spiro atoms. The minimum atomic E-state index is -0.0827. The van der Waals surface area contributed by atoms with Gasteiger partial charge in [-0.2, -0.15) is 0 Å². The lowest BCUT2D eigenvalue weighted by Gasteiger charge is -2.49. The van der Waals surface area contributed by atoms with Crippen LogP contribution in [0.15, 0.2) is 18.2 Å². The molecule has 0 amide bonds. The van der Waals surface area contributed by atoms with Crippen molar-refractivity contribution in [1.29, 1.82) is 0 Å². The van der Waals surface area contributed by atoms with Crippen LogP contribution in [0.1, 0.15) is 56.2 Å². The normalized spacial score (nSPS) is 25.6. The lowest BCUT2D eigenvalue weighted by atomic mass is 9.69. The molecule has 2 atom stereocenters. The highest BCUT2D eigenvalue weighted by molar-refractivity contribution is 5.27. The molecule has 1 aromatic rings. The molecule has 1 saturated carbocycles. The molecule has 0 aromatic heterocycles. The van der Waals surface area contributed by atoms with Gasteiger partial charge in [0.05, 0.1) is 5.60 Å². The maximum Gasteiger partial charge on any atom is 0.128 e. The van der Waals surface area contributed by atoms with E-state index in [4.69, 9.17) is 4.74 Å². The van der Waals surface area contributed by atoms with Crippen LogP contribution in [-0.4, -0.2) is 18.8 Å². The molecular weight excluding hydrogens is 265 g/mol. The fraction of sp³-hybridized carbons (Fsp3) is 0.667. The molecule has 1 aliphatic heterocycles. The van der Waals surface area contributed by atoms with E-state index in [1.165, 1.54) is 19.3 Å². The van der Waals surface area contributed by atoms with Crippen molar-refractivity contribution in [2.75, 3.05) is 13.2 Å². The molecule has 116 valence electrons. The van der Waals surface area contributed by atoms with Crippen molar-refractivity contribution in [3.8, 4) is 0 Å². The molecule has 1 saturated heterocycles. The van der Waals surface area contributed by atoms with Gasteiger partial charge in [-0.05, 0) is 57.6 Å². The average molecular weight is 291 g/mol. The van der Waals surface area contributed by atoms with Crippen LogP contribution >= 0.6 is 0 Å². The van der Waals surface area contributed by atoms with Crippen molar-refractivity contribution >= 4 is 0 Å². The Hall–Kier alpha value is -0.930. The predicted molar refractivity (Wildman–Crippen MR) is 82.8 cm³/mol. The summed E-state index contributed by atoms with van der Waals surface area (Å²) in [5.74, 6) is 0.385. The van der Waals surface area contributed by atoms with Crippen LogP contribution in [0, 0.1) is 18.7 Å². The molecule has 2 fully saturated rings. The summed E-state index contributed by atoms with van der Waals surface area (Å²) in [6.07, 6.45) is 5.72. The van der Waals surface area contributed by atoms with Crippen LogP contribution in [0.3, 0.4) is 0 Å². The van der Waals surface area contributed by atoms with Gasteiger partial charge >= 0.3 is 0 Å². The van der Waals surface area contributed by atoms with Gasteiger partial charge < -0.3 is 10.1 Å². The minimum Gasteiger partial charge on any atom is -0.375 e. The summed E-state index contributed by atoms with van der Waals surface area (Å²) >= 11 is 0. The summed E-state index contributed by atoms with van der Waals surface area (Å²) in [5, 5.41) is 3.53. The monoisotopic (exact) mass is 291 g/mol. The first-order valence-electron chi connectivity index (χ1n) is 8.27. The molecule has 1 N–H and O–H groups in total. The number of nitrogens with one attached hydrogen (secondary N) is 1. The highest BCUT2D eigenvalue weighted by Crippen LogP contribution is 2.47. The summed E-state index contributed by atoms with van der Waals surface area (Å²) in [6.45, 7) is 5.81. The third-order valence-electron chi connectivity index (χ3n) is 5.18. The van der Waals surface area contributed by atoms with E-state index in [9.17, 15) is 4.39 Å². The van der Waals surface area contributed by atoms with Crippen LogP contribution in [0.25, 0.3) is 0 Å². The van der Waals surface area contributed by atoms with E-state index < -0.39 is 0 Å². The summed E-state index contributed by atoms with van der Waals surface area (Å²) in [7, 11) is 0. The van der Waals surface area contributed by atoms with Crippen molar-refractivity contribution in [3.63, 3.8) is 0 Å². The van der Waals surface area contributed by atoms with Crippen LogP contribution in [0.2, 0.25) is 0 Å². The second kappa shape index (κ2) is 6.05. The Morgan fingerprint density at radius 1 is 1.43 bits per heavy atom. The fourth-order valence-corrected chi connectivity index (χ4v) is 3.92. The summed E-state index contributed by atoms with van der Waals surface area (Å²) in [6, 6.07) is 5.56. The second-order valence-electron chi connectivity index (χ2n) is 6.70. The minimum absolute atomic E-state index is 0.0827. The zero-order chi connectivity index (χ0) is 14.9. The zero-order valence-corrected chi connectivity index (χ0v) is 13.1. The van der Waals surface area contributed by atoms with Crippen LogP contribution < -0.4 is 5.32 Å². The van der Waals surface area contributed by atoms with Crippen molar-refractivity contribution in [2.45, 2.75) is 57.6 Å². The second-order valence-corrected chi connectivity index (χ2v) is 6.70. The van der Waals surface area contributed by atoms with Gasteiger partial charge in [0.1, 0.15) is 5.82 Å². The molecule has 0 radical (unpaired) electrons. The molecule has 2 aliphatic rings. The number of hydrogen-bond acceptors (Lipinski definition) is 2. The fourth-order valence-electron chi connectivity index (χ4n) is 3.92. The molecule has 3 rings (SSSR count). The molecule has 2 unspecified atom stereocenters. The quantitative estimate of drug-likeness (QED) is 0.900. The number of halogens is 1. The van der Waals surface area contributed by atoms with Crippen molar-refractivity contribution < 1.29 is 9.13 Å². The van der Waals surface area contributed by atoms with Crippen molar-refractivity contribution in [2.24, 2.45) is 5.92 Å². The topological polar surface area (TPSA) is 21.3 Å². The van der Waals surface area contributed by atoms with Crippen LogP contribution in [0.4, 0.5) is 4.39 Å². The average Bonchev–Trinajstić information content (AvgIpc) is 2.46. The van der Waals surface area contributed by atoms with Gasteiger partial charge in [0.2, 0.25) is 0 Å². The third-order valence-corrected chi connectivity index (χ3v) is 5.18. The van der Waals surface area contributed by atoms with Crippen LogP contribution in [-0.2, 0) is 4.74 Å². The van der Waals surface area contributed by atoms with Gasteiger partial charge in [0.15, 0.2) is 0 Å². The Morgan fingerprint density at radius 3 is 2.90 bits per heavy atom. The molecule has 2 nitrogen and oxygen atoms in total. The number of benzene rings is 1. The molecule has 1 aromatic carbocycles. The first kappa shape index (κ1) is 15.0. The van der Waals surface area contributed by atoms with E-state index in [1.807, 2.05) is 19.1 Å². The van der Waals surface area contributed by atoms with Gasteiger partial charge in [-0.15, -0.1) is 0 Å². The number of rotatable bonds is 4. The molecular formula is C18H26FNO. The first-order valence-corrected chi connectivity index (χ1v) is 8.27. The maximum atomic E-state index is 14.3. The zero-order valence-electron chi connectivity index (χ0n) is 13.1. The molecule has 0 bridgehead atoms. The van der Waals surface area contributed by atoms with E-state index >= 15 is 0 Å². The van der Waals surface area contributed by atoms with Gasteiger partial charge in [0, 0.05) is 18.2 Å². The first-order chi connectivity index (χ1) is 10.1. The number of hydrogen-bond donors (Lipinski definition) is 1. The van der Waals surface area contributed by atoms with E-state index in [0.29, 0.717) is 5.92 Å². The predicted octanol–water partition coefficient (Wildman–Crippen LogP) is 4.13.